The minimum atomic E-state index is 0. The molecule has 0 aliphatic carbocycles. The van der Waals surface area contributed by atoms with E-state index in [1.54, 1.807) is 0 Å². The van der Waals surface area contributed by atoms with Gasteiger partial charge in [-0.25, -0.2) is 0 Å². The Morgan fingerprint density at radius 2 is 2.17 bits per heavy atom. The molecule has 0 spiro atoms. The van der Waals surface area contributed by atoms with Crippen LogP contribution in [0.3, 0.4) is 0 Å². The summed E-state index contributed by atoms with van der Waals surface area (Å²) in [6, 6.07) is 11.1. The molecule has 3 rings (SSSR count). The monoisotopic (exact) mass is 263 g/mol. The van der Waals surface area contributed by atoms with E-state index >= 15 is 0 Å². The molecule has 2 aromatic rings. The second-order valence-electron chi connectivity index (χ2n) is 4.60. The van der Waals surface area contributed by atoms with Crippen molar-refractivity contribution < 1.29 is 0 Å². The number of halogens is 1. The molecule has 0 radical (unpaired) electrons. The summed E-state index contributed by atoms with van der Waals surface area (Å²) in [6.45, 7) is 2.20. The highest BCUT2D eigenvalue weighted by atomic mass is 35.5. The first kappa shape index (κ1) is 13.1. The maximum absolute atomic E-state index is 4.41. The first-order chi connectivity index (χ1) is 8.36. The third kappa shape index (κ3) is 2.28. The fraction of sp³-hybridized carbons (Fsp3) is 0.357. The number of hydrogen-bond acceptors (Lipinski definition) is 3. The number of pyridine rings is 1. The molecule has 0 bridgehead atoms. The van der Waals surface area contributed by atoms with Gasteiger partial charge in [0.1, 0.15) is 0 Å². The van der Waals surface area contributed by atoms with Gasteiger partial charge in [0.2, 0.25) is 0 Å². The summed E-state index contributed by atoms with van der Waals surface area (Å²) in [5.41, 5.74) is 2.35. The van der Waals surface area contributed by atoms with Gasteiger partial charge in [-0.15, -0.1) is 12.4 Å². The van der Waals surface area contributed by atoms with E-state index in [9.17, 15) is 0 Å². The van der Waals surface area contributed by atoms with Crippen molar-refractivity contribution in [1.82, 2.24) is 10.3 Å². The van der Waals surface area contributed by atoms with Crippen LogP contribution in [0.5, 0.6) is 0 Å². The highest BCUT2D eigenvalue weighted by molar-refractivity contribution is 5.91. The zero-order valence-corrected chi connectivity index (χ0v) is 11.3. The second-order valence-corrected chi connectivity index (χ2v) is 4.60. The van der Waals surface area contributed by atoms with Crippen LogP contribution in [0.15, 0.2) is 36.5 Å². The molecule has 3 nitrogen and oxygen atoms in total. The van der Waals surface area contributed by atoms with Crippen molar-refractivity contribution >= 4 is 29.0 Å². The number of rotatable bonds is 2. The van der Waals surface area contributed by atoms with E-state index in [-0.39, 0.29) is 12.4 Å². The van der Waals surface area contributed by atoms with Gasteiger partial charge in [0.15, 0.2) is 0 Å². The zero-order chi connectivity index (χ0) is 11.7. The number of hydrogen-bond donors (Lipinski definition) is 1. The minimum absolute atomic E-state index is 0. The maximum Gasteiger partial charge on any atom is 0.0722 e. The predicted molar refractivity (Wildman–Crippen MR) is 78.7 cm³/mol. The molecule has 2 heterocycles. The van der Waals surface area contributed by atoms with Crippen LogP contribution in [0.2, 0.25) is 0 Å². The van der Waals surface area contributed by atoms with Gasteiger partial charge in [-0.05, 0) is 37.2 Å². The summed E-state index contributed by atoms with van der Waals surface area (Å²) >= 11 is 0. The Balaban J connectivity index is 0.00000120. The Morgan fingerprint density at radius 3 is 2.94 bits per heavy atom. The minimum Gasteiger partial charge on any atom is -0.370 e. The number of nitrogens with one attached hydrogen (secondary N) is 1. The number of nitrogens with zero attached hydrogens (tertiary/aromatic N) is 2. The smallest absolute Gasteiger partial charge is 0.0722 e. The fourth-order valence-electron chi connectivity index (χ4n) is 2.56. The van der Waals surface area contributed by atoms with Crippen molar-refractivity contribution in [3.05, 3.63) is 36.5 Å². The van der Waals surface area contributed by atoms with Crippen molar-refractivity contribution in [3.63, 3.8) is 0 Å². The Hall–Kier alpha value is -1.32. The lowest BCUT2D eigenvalue weighted by atomic mass is 10.1. The SMILES string of the molecule is CN(c1cccc2ncccc12)[C@H]1CCNC1.Cl. The topological polar surface area (TPSA) is 28.2 Å². The molecule has 4 heteroatoms. The van der Waals surface area contributed by atoms with Crippen LogP contribution < -0.4 is 10.2 Å². The zero-order valence-electron chi connectivity index (χ0n) is 10.5. The fourth-order valence-corrected chi connectivity index (χ4v) is 2.56. The van der Waals surface area contributed by atoms with E-state index in [2.05, 4.69) is 46.5 Å². The molecule has 1 aliphatic heterocycles. The van der Waals surface area contributed by atoms with Crippen molar-refractivity contribution in [1.29, 1.82) is 0 Å². The van der Waals surface area contributed by atoms with Crippen molar-refractivity contribution in [2.45, 2.75) is 12.5 Å². The molecule has 1 aromatic carbocycles. The maximum atomic E-state index is 4.41. The lowest BCUT2D eigenvalue weighted by molar-refractivity contribution is 0.687. The van der Waals surface area contributed by atoms with Gasteiger partial charge >= 0.3 is 0 Å². The lowest BCUT2D eigenvalue weighted by Gasteiger charge is -2.27. The molecule has 1 atom stereocenters. The standard InChI is InChI=1S/C14H17N3.ClH/c1-17(11-7-9-15-10-11)14-6-2-5-13-12(14)4-3-8-16-13;/h2-6,8,11,15H,7,9-10H2,1H3;1H/t11-;/m0./s1. The molecule has 1 aromatic heterocycles. The second kappa shape index (κ2) is 5.55. The Kier molecular flexibility index (Phi) is 4.04. The molecule has 18 heavy (non-hydrogen) atoms. The summed E-state index contributed by atoms with van der Waals surface area (Å²) in [6.07, 6.45) is 3.07. The molecule has 1 fully saturated rings. The molecule has 1 N–H and O–H groups in total. The average Bonchev–Trinajstić information content (AvgIpc) is 2.91. The molecule has 1 aliphatic rings. The molecule has 0 saturated carbocycles. The van der Waals surface area contributed by atoms with Gasteiger partial charge in [-0.2, -0.15) is 0 Å². The van der Waals surface area contributed by atoms with E-state index in [0.29, 0.717) is 6.04 Å². The summed E-state index contributed by atoms with van der Waals surface area (Å²) in [7, 11) is 2.18. The van der Waals surface area contributed by atoms with Crippen LogP contribution in [0.1, 0.15) is 6.42 Å². The van der Waals surface area contributed by atoms with Crippen LogP contribution in [0, 0.1) is 0 Å². The van der Waals surface area contributed by atoms with Crippen LogP contribution in [0.25, 0.3) is 10.9 Å². The number of anilines is 1. The first-order valence-electron chi connectivity index (χ1n) is 6.13. The number of fused-ring (bicyclic) bond motifs is 1. The van der Waals surface area contributed by atoms with Crippen LogP contribution >= 0.6 is 12.4 Å². The van der Waals surface area contributed by atoms with Gasteiger partial charge < -0.3 is 10.2 Å². The highest BCUT2D eigenvalue weighted by Crippen LogP contribution is 2.26. The average molecular weight is 264 g/mol. The predicted octanol–water partition coefficient (Wildman–Crippen LogP) is 2.45. The molecule has 1 saturated heterocycles. The van der Waals surface area contributed by atoms with E-state index in [1.807, 2.05) is 12.3 Å². The number of likely N-dealkylation sites (N-methyl/N-ethyl adjacent to an activating group) is 1. The van der Waals surface area contributed by atoms with Crippen LogP contribution in [-0.2, 0) is 0 Å². The van der Waals surface area contributed by atoms with Crippen molar-refractivity contribution in [2.24, 2.45) is 0 Å². The van der Waals surface area contributed by atoms with E-state index in [4.69, 9.17) is 0 Å². The van der Waals surface area contributed by atoms with Gasteiger partial charge in [0.25, 0.3) is 0 Å². The van der Waals surface area contributed by atoms with Gasteiger partial charge in [-0.3, -0.25) is 4.98 Å². The van der Waals surface area contributed by atoms with Crippen molar-refractivity contribution in [3.8, 4) is 0 Å². The van der Waals surface area contributed by atoms with Crippen molar-refractivity contribution in [2.75, 3.05) is 25.0 Å². The summed E-state index contributed by atoms with van der Waals surface area (Å²) in [4.78, 5) is 6.79. The van der Waals surface area contributed by atoms with E-state index < -0.39 is 0 Å². The third-order valence-electron chi connectivity index (χ3n) is 3.58. The van der Waals surface area contributed by atoms with Gasteiger partial charge in [0, 0.05) is 36.9 Å². The Morgan fingerprint density at radius 1 is 1.28 bits per heavy atom. The van der Waals surface area contributed by atoms with E-state index in [0.717, 1.165) is 18.6 Å². The van der Waals surface area contributed by atoms with Gasteiger partial charge in [0.05, 0.1) is 5.52 Å². The molecular formula is C14H18ClN3. The summed E-state index contributed by atoms with van der Waals surface area (Å²) < 4.78 is 0. The quantitative estimate of drug-likeness (QED) is 0.902. The largest absolute Gasteiger partial charge is 0.370 e. The molecular weight excluding hydrogens is 246 g/mol. The lowest BCUT2D eigenvalue weighted by Crippen LogP contribution is -2.33. The van der Waals surface area contributed by atoms with Crippen LogP contribution in [-0.4, -0.2) is 31.2 Å². The summed E-state index contributed by atoms with van der Waals surface area (Å²) in [5, 5.41) is 4.65. The third-order valence-corrected chi connectivity index (χ3v) is 3.58. The highest BCUT2D eigenvalue weighted by Gasteiger charge is 2.20. The molecule has 0 amide bonds. The van der Waals surface area contributed by atoms with Crippen LogP contribution in [0.4, 0.5) is 5.69 Å². The number of aromatic nitrogens is 1. The Labute approximate surface area is 114 Å². The number of benzene rings is 1. The molecule has 0 unspecified atom stereocenters. The molecule has 96 valence electrons. The van der Waals surface area contributed by atoms with E-state index in [1.165, 1.54) is 17.5 Å². The normalized spacial score (nSPS) is 18.6. The summed E-state index contributed by atoms with van der Waals surface area (Å²) in [5.74, 6) is 0. The first-order valence-corrected chi connectivity index (χ1v) is 6.13. The van der Waals surface area contributed by atoms with Gasteiger partial charge in [-0.1, -0.05) is 6.07 Å². The Bertz CT molecular complexity index is 518.